The van der Waals surface area contributed by atoms with Gasteiger partial charge in [0.05, 0.1) is 23.6 Å². The van der Waals surface area contributed by atoms with Crippen molar-refractivity contribution < 1.29 is 0 Å². The molecular formula is C16H24N4. The molecule has 1 aromatic heterocycles. The van der Waals surface area contributed by atoms with Crippen LogP contribution in [0.3, 0.4) is 0 Å². The fourth-order valence-corrected chi connectivity index (χ4v) is 4.16. The van der Waals surface area contributed by atoms with Crippen LogP contribution in [-0.2, 0) is 0 Å². The smallest absolute Gasteiger partial charge is 0.0755 e. The Balaban J connectivity index is 1.45. The maximum Gasteiger partial charge on any atom is 0.0755 e. The van der Waals surface area contributed by atoms with E-state index in [2.05, 4.69) is 26.7 Å². The third-order valence-corrected chi connectivity index (χ3v) is 5.60. The molecule has 4 nitrogen and oxygen atoms in total. The summed E-state index contributed by atoms with van der Waals surface area (Å²) in [7, 11) is 0. The Kier molecular flexibility index (Phi) is 3.04. The second-order valence-corrected chi connectivity index (χ2v) is 6.78. The molecule has 2 bridgehead atoms. The topological polar surface area (TPSA) is 32.3 Å². The number of hydrogen-bond acceptors (Lipinski definition) is 4. The molecule has 3 heterocycles. The van der Waals surface area contributed by atoms with E-state index in [4.69, 9.17) is 0 Å². The first-order valence-electron chi connectivity index (χ1n) is 8.02. The first-order chi connectivity index (χ1) is 9.72. The predicted octanol–water partition coefficient (Wildman–Crippen LogP) is 2.16. The Hall–Kier alpha value is -1.00. The highest BCUT2D eigenvalue weighted by molar-refractivity contribution is 5.10. The highest BCUT2D eigenvalue weighted by atomic mass is 15.4. The SMILES string of the molecule is Cc1cnc(C(C)N2C[C@@H]3C[C@H]2CN3C2CCC2)cn1. The molecule has 1 aliphatic carbocycles. The van der Waals surface area contributed by atoms with Crippen LogP contribution in [0.25, 0.3) is 0 Å². The van der Waals surface area contributed by atoms with Crippen LogP contribution in [0.1, 0.15) is 50.0 Å². The number of aromatic nitrogens is 2. The first kappa shape index (κ1) is 12.7. The van der Waals surface area contributed by atoms with Crippen LogP contribution in [0.4, 0.5) is 0 Å². The van der Waals surface area contributed by atoms with Gasteiger partial charge in [-0.3, -0.25) is 19.8 Å². The number of nitrogens with zero attached hydrogens (tertiary/aromatic N) is 4. The molecule has 0 aromatic carbocycles. The van der Waals surface area contributed by atoms with Gasteiger partial charge in [-0.2, -0.15) is 0 Å². The molecular weight excluding hydrogens is 248 g/mol. The van der Waals surface area contributed by atoms with Crippen molar-refractivity contribution in [2.75, 3.05) is 13.1 Å². The van der Waals surface area contributed by atoms with E-state index in [1.807, 2.05) is 19.3 Å². The minimum atomic E-state index is 0.404. The second-order valence-electron chi connectivity index (χ2n) is 6.78. The van der Waals surface area contributed by atoms with Crippen molar-refractivity contribution in [2.45, 2.75) is 63.7 Å². The maximum atomic E-state index is 4.57. The zero-order valence-corrected chi connectivity index (χ0v) is 12.5. The molecule has 4 rings (SSSR count). The highest BCUT2D eigenvalue weighted by Gasteiger charge is 2.47. The normalized spacial score (nSPS) is 32.5. The van der Waals surface area contributed by atoms with Crippen LogP contribution in [0, 0.1) is 6.92 Å². The Morgan fingerprint density at radius 1 is 1.10 bits per heavy atom. The van der Waals surface area contributed by atoms with Gasteiger partial charge in [0, 0.05) is 37.4 Å². The second kappa shape index (κ2) is 4.78. The number of piperazine rings is 1. The summed E-state index contributed by atoms with van der Waals surface area (Å²) < 4.78 is 0. The number of hydrogen-bond donors (Lipinski definition) is 0. The molecule has 0 N–H and O–H groups in total. The average molecular weight is 272 g/mol. The third-order valence-electron chi connectivity index (χ3n) is 5.60. The molecule has 108 valence electrons. The van der Waals surface area contributed by atoms with Gasteiger partial charge in [-0.05, 0) is 33.1 Å². The summed E-state index contributed by atoms with van der Waals surface area (Å²) in [4.78, 5) is 14.4. The average Bonchev–Trinajstić information content (AvgIpc) is 2.97. The van der Waals surface area contributed by atoms with Crippen molar-refractivity contribution in [3.63, 3.8) is 0 Å². The molecule has 4 heteroatoms. The largest absolute Gasteiger partial charge is 0.295 e. The third kappa shape index (κ3) is 1.97. The highest BCUT2D eigenvalue weighted by Crippen LogP contribution is 2.40. The molecule has 0 amide bonds. The zero-order valence-electron chi connectivity index (χ0n) is 12.5. The van der Waals surface area contributed by atoms with Crippen molar-refractivity contribution >= 4 is 0 Å². The predicted molar refractivity (Wildman–Crippen MR) is 78.4 cm³/mol. The van der Waals surface area contributed by atoms with Crippen molar-refractivity contribution in [2.24, 2.45) is 0 Å². The van der Waals surface area contributed by atoms with Crippen LogP contribution in [0.2, 0.25) is 0 Å². The first-order valence-corrected chi connectivity index (χ1v) is 8.02. The van der Waals surface area contributed by atoms with Crippen LogP contribution < -0.4 is 0 Å². The van der Waals surface area contributed by atoms with Crippen LogP contribution in [0.15, 0.2) is 12.4 Å². The Morgan fingerprint density at radius 2 is 1.95 bits per heavy atom. The Labute approximate surface area is 121 Å². The molecule has 3 fully saturated rings. The van der Waals surface area contributed by atoms with Gasteiger partial charge < -0.3 is 0 Å². The summed E-state index contributed by atoms with van der Waals surface area (Å²) in [6, 6.07) is 2.84. The molecule has 1 unspecified atom stereocenters. The van der Waals surface area contributed by atoms with Crippen molar-refractivity contribution in [3.05, 3.63) is 23.8 Å². The standard InChI is InChI=1S/C16H24N4/c1-11-7-18-16(8-17-11)12(2)19-9-15-6-14(19)10-20(15)13-4-3-5-13/h7-8,12-15H,3-6,9-10H2,1-2H3/t12?,14-,15-/m0/s1. The van der Waals surface area contributed by atoms with E-state index in [9.17, 15) is 0 Å². The van der Waals surface area contributed by atoms with Gasteiger partial charge >= 0.3 is 0 Å². The van der Waals surface area contributed by atoms with E-state index in [0.29, 0.717) is 6.04 Å². The number of fused-ring (bicyclic) bond motifs is 2. The molecule has 3 aliphatic rings. The lowest BCUT2D eigenvalue weighted by Gasteiger charge is -2.44. The summed E-state index contributed by atoms with van der Waals surface area (Å²) in [6.45, 7) is 6.78. The quantitative estimate of drug-likeness (QED) is 0.844. The Morgan fingerprint density at radius 3 is 2.50 bits per heavy atom. The zero-order chi connectivity index (χ0) is 13.7. The number of rotatable bonds is 3. The molecule has 3 atom stereocenters. The van der Waals surface area contributed by atoms with Gasteiger partial charge in [0.2, 0.25) is 0 Å². The summed E-state index contributed by atoms with van der Waals surface area (Å²) >= 11 is 0. The summed E-state index contributed by atoms with van der Waals surface area (Å²) in [5.41, 5.74) is 2.12. The molecule has 0 spiro atoms. The van der Waals surface area contributed by atoms with Crippen LogP contribution >= 0.6 is 0 Å². The lowest BCUT2D eigenvalue weighted by molar-refractivity contribution is 0.0415. The lowest BCUT2D eigenvalue weighted by atomic mass is 9.91. The summed E-state index contributed by atoms with van der Waals surface area (Å²) in [6.07, 6.45) is 9.51. The molecule has 2 saturated heterocycles. The molecule has 0 radical (unpaired) electrons. The molecule has 2 aliphatic heterocycles. The fraction of sp³-hybridized carbons (Fsp3) is 0.750. The van der Waals surface area contributed by atoms with Gasteiger partial charge in [0.1, 0.15) is 0 Å². The van der Waals surface area contributed by atoms with Crippen molar-refractivity contribution in [1.29, 1.82) is 0 Å². The van der Waals surface area contributed by atoms with Gasteiger partial charge in [-0.25, -0.2) is 0 Å². The molecule has 1 saturated carbocycles. The number of aryl methyl sites for hydroxylation is 1. The van der Waals surface area contributed by atoms with Crippen molar-refractivity contribution in [3.8, 4) is 0 Å². The monoisotopic (exact) mass is 272 g/mol. The summed E-state index contributed by atoms with van der Waals surface area (Å²) in [5, 5.41) is 0. The summed E-state index contributed by atoms with van der Waals surface area (Å²) in [5.74, 6) is 0. The lowest BCUT2D eigenvalue weighted by Crippen LogP contribution is -2.52. The van der Waals surface area contributed by atoms with Crippen LogP contribution in [-0.4, -0.2) is 51.0 Å². The van der Waals surface area contributed by atoms with E-state index >= 15 is 0 Å². The van der Waals surface area contributed by atoms with Gasteiger partial charge in [-0.1, -0.05) is 6.42 Å². The van der Waals surface area contributed by atoms with Gasteiger partial charge in [0.15, 0.2) is 0 Å². The van der Waals surface area contributed by atoms with Crippen LogP contribution in [0.5, 0.6) is 0 Å². The van der Waals surface area contributed by atoms with Crippen molar-refractivity contribution in [1.82, 2.24) is 19.8 Å². The van der Waals surface area contributed by atoms with Gasteiger partial charge in [0.25, 0.3) is 0 Å². The molecule has 20 heavy (non-hydrogen) atoms. The van der Waals surface area contributed by atoms with E-state index in [-0.39, 0.29) is 0 Å². The molecule has 1 aromatic rings. The minimum absolute atomic E-state index is 0.404. The Bertz CT molecular complexity index is 482. The fourth-order valence-electron chi connectivity index (χ4n) is 4.16. The van der Waals surface area contributed by atoms with Gasteiger partial charge in [-0.15, -0.1) is 0 Å². The minimum Gasteiger partial charge on any atom is -0.295 e. The van der Waals surface area contributed by atoms with E-state index in [1.54, 1.807) is 0 Å². The van der Waals surface area contributed by atoms with E-state index in [1.165, 1.54) is 38.8 Å². The van der Waals surface area contributed by atoms with E-state index in [0.717, 1.165) is 29.5 Å². The number of likely N-dealkylation sites (tertiary alicyclic amines) is 2. The van der Waals surface area contributed by atoms with E-state index < -0.39 is 0 Å². The maximum absolute atomic E-state index is 4.57.